The highest BCUT2D eigenvalue weighted by atomic mass is 16.4. The van der Waals surface area contributed by atoms with Crippen molar-refractivity contribution in [3.8, 4) is 0 Å². The maximum absolute atomic E-state index is 12.2. The van der Waals surface area contributed by atoms with Crippen LogP contribution in [0.1, 0.15) is 57.8 Å². The largest absolute Gasteiger partial charge is 0.481 e. The van der Waals surface area contributed by atoms with E-state index in [0.29, 0.717) is 12.5 Å². The van der Waals surface area contributed by atoms with Crippen LogP contribution in [-0.4, -0.2) is 41.6 Å². The first-order chi connectivity index (χ1) is 10.2. The number of likely N-dealkylation sites (tertiary alicyclic amines) is 1. The summed E-state index contributed by atoms with van der Waals surface area (Å²) in [6.07, 6.45) is 9.29. The van der Waals surface area contributed by atoms with Crippen LogP contribution in [0.25, 0.3) is 0 Å². The van der Waals surface area contributed by atoms with Crippen LogP contribution in [0.15, 0.2) is 0 Å². The molecule has 0 aromatic carbocycles. The van der Waals surface area contributed by atoms with E-state index < -0.39 is 5.97 Å². The van der Waals surface area contributed by atoms with Crippen LogP contribution in [0.2, 0.25) is 0 Å². The summed E-state index contributed by atoms with van der Waals surface area (Å²) in [5.41, 5.74) is 0. The molecule has 2 aliphatic rings. The summed E-state index contributed by atoms with van der Waals surface area (Å²) in [6.45, 7) is 2.44. The topological polar surface area (TPSA) is 69.6 Å². The van der Waals surface area contributed by atoms with Gasteiger partial charge in [0.05, 0.1) is 5.92 Å². The van der Waals surface area contributed by atoms with Crippen LogP contribution in [0.3, 0.4) is 0 Å². The molecule has 0 bridgehead atoms. The Bertz CT molecular complexity index is 343. The molecule has 120 valence electrons. The van der Waals surface area contributed by atoms with Crippen LogP contribution in [0.5, 0.6) is 0 Å². The Morgan fingerprint density at radius 1 is 0.952 bits per heavy atom. The first-order valence-corrected chi connectivity index (χ1v) is 8.42. The summed E-state index contributed by atoms with van der Waals surface area (Å²) in [5, 5.41) is 12.0. The highest BCUT2D eigenvalue weighted by Gasteiger charge is 2.26. The Balaban J connectivity index is 1.67. The number of carboxylic acid groups (broad SMARTS) is 1. The van der Waals surface area contributed by atoms with Crippen molar-refractivity contribution in [2.75, 3.05) is 19.6 Å². The van der Waals surface area contributed by atoms with Gasteiger partial charge in [-0.05, 0) is 44.4 Å². The highest BCUT2D eigenvalue weighted by Crippen LogP contribution is 2.28. The Hall–Kier alpha value is -1.26. The number of aliphatic carboxylic acids is 1. The van der Waals surface area contributed by atoms with E-state index >= 15 is 0 Å². The van der Waals surface area contributed by atoms with E-state index in [9.17, 15) is 9.59 Å². The lowest BCUT2D eigenvalue weighted by molar-refractivity contribution is -0.143. The number of hydrogen-bond acceptors (Lipinski definition) is 2. The number of carbonyl (C=O) groups excluding carboxylic acids is 1. The van der Waals surface area contributed by atoms with Crippen molar-refractivity contribution in [2.24, 2.45) is 11.8 Å². The van der Waals surface area contributed by atoms with E-state index in [0.717, 1.165) is 51.6 Å². The summed E-state index contributed by atoms with van der Waals surface area (Å²) in [7, 11) is 0. The van der Waals surface area contributed by atoms with E-state index in [-0.39, 0.29) is 11.9 Å². The number of rotatable bonds is 3. The predicted octanol–water partition coefficient (Wildman–Crippen LogP) is 2.85. The smallest absolute Gasteiger partial charge is 0.317 e. The molecule has 1 saturated carbocycles. The molecular formula is C16H28N2O3. The van der Waals surface area contributed by atoms with E-state index in [4.69, 9.17) is 5.11 Å². The van der Waals surface area contributed by atoms with Gasteiger partial charge in [-0.1, -0.05) is 19.3 Å². The van der Waals surface area contributed by atoms with Gasteiger partial charge in [0.2, 0.25) is 0 Å². The average molecular weight is 296 g/mol. The molecule has 0 spiro atoms. The Morgan fingerprint density at radius 3 is 2.10 bits per heavy atom. The molecule has 0 aromatic rings. The Kier molecular flexibility index (Phi) is 6.33. The quantitative estimate of drug-likeness (QED) is 0.841. The fourth-order valence-corrected chi connectivity index (χ4v) is 3.41. The molecule has 2 N–H and O–H groups in total. The summed E-state index contributed by atoms with van der Waals surface area (Å²) in [6, 6.07) is 0.0669. The van der Waals surface area contributed by atoms with Gasteiger partial charge in [-0.3, -0.25) is 4.79 Å². The van der Waals surface area contributed by atoms with Crippen molar-refractivity contribution in [1.82, 2.24) is 10.2 Å². The third-order valence-corrected chi connectivity index (χ3v) is 4.88. The van der Waals surface area contributed by atoms with Gasteiger partial charge in [-0.15, -0.1) is 0 Å². The molecule has 5 heteroatoms. The second-order valence-corrected chi connectivity index (χ2v) is 6.50. The Labute approximate surface area is 127 Å². The number of amides is 2. The van der Waals surface area contributed by atoms with Crippen LogP contribution >= 0.6 is 0 Å². The lowest BCUT2D eigenvalue weighted by Crippen LogP contribution is -2.43. The van der Waals surface area contributed by atoms with E-state index in [1.165, 1.54) is 19.3 Å². The fourth-order valence-electron chi connectivity index (χ4n) is 3.41. The molecule has 1 aliphatic carbocycles. The van der Waals surface area contributed by atoms with E-state index in [1.807, 2.05) is 4.90 Å². The minimum atomic E-state index is -0.668. The number of hydrogen-bond donors (Lipinski definition) is 2. The molecule has 21 heavy (non-hydrogen) atoms. The summed E-state index contributed by atoms with van der Waals surface area (Å²) in [5.74, 6) is -0.399. The molecule has 1 saturated heterocycles. The molecule has 0 radical (unpaired) electrons. The van der Waals surface area contributed by atoms with Gasteiger partial charge >= 0.3 is 12.0 Å². The monoisotopic (exact) mass is 296 g/mol. The third kappa shape index (κ3) is 5.21. The van der Waals surface area contributed by atoms with Gasteiger partial charge in [0, 0.05) is 19.6 Å². The van der Waals surface area contributed by atoms with Crippen molar-refractivity contribution in [1.29, 1.82) is 0 Å². The van der Waals surface area contributed by atoms with E-state index in [1.54, 1.807) is 0 Å². The zero-order valence-corrected chi connectivity index (χ0v) is 12.9. The minimum Gasteiger partial charge on any atom is -0.481 e. The third-order valence-electron chi connectivity index (χ3n) is 4.88. The Morgan fingerprint density at radius 2 is 1.52 bits per heavy atom. The second kappa shape index (κ2) is 8.25. The first-order valence-electron chi connectivity index (χ1n) is 8.42. The van der Waals surface area contributed by atoms with Crippen LogP contribution in [0, 0.1) is 11.8 Å². The number of carboxylic acids is 1. The lowest BCUT2D eigenvalue weighted by Gasteiger charge is -2.29. The molecule has 0 aromatic heterocycles. The van der Waals surface area contributed by atoms with Gasteiger partial charge in [0.25, 0.3) is 0 Å². The first kappa shape index (κ1) is 16.1. The highest BCUT2D eigenvalue weighted by molar-refractivity contribution is 5.74. The molecule has 2 amide bonds. The number of nitrogens with one attached hydrogen (secondary N) is 1. The molecular weight excluding hydrogens is 268 g/mol. The second-order valence-electron chi connectivity index (χ2n) is 6.50. The van der Waals surface area contributed by atoms with Crippen molar-refractivity contribution in [2.45, 2.75) is 57.8 Å². The van der Waals surface area contributed by atoms with Gasteiger partial charge in [0.15, 0.2) is 0 Å². The molecule has 1 aliphatic heterocycles. The summed E-state index contributed by atoms with van der Waals surface area (Å²) < 4.78 is 0. The zero-order valence-electron chi connectivity index (χ0n) is 12.9. The molecule has 2 fully saturated rings. The maximum atomic E-state index is 12.2. The summed E-state index contributed by atoms with van der Waals surface area (Å²) in [4.78, 5) is 25.1. The van der Waals surface area contributed by atoms with Crippen molar-refractivity contribution in [3.63, 3.8) is 0 Å². The summed E-state index contributed by atoms with van der Waals surface area (Å²) >= 11 is 0. The predicted molar refractivity (Wildman–Crippen MR) is 81.1 cm³/mol. The van der Waals surface area contributed by atoms with Gasteiger partial charge in [-0.2, -0.15) is 0 Å². The van der Waals surface area contributed by atoms with Crippen molar-refractivity contribution in [3.05, 3.63) is 0 Å². The van der Waals surface area contributed by atoms with Crippen molar-refractivity contribution >= 4 is 12.0 Å². The van der Waals surface area contributed by atoms with Crippen molar-refractivity contribution < 1.29 is 14.7 Å². The minimum absolute atomic E-state index is 0.0669. The fraction of sp³-hybridized carbons (Fsp3) is 0.875. The zero-order chi connectivity index (χ0) is 15.1. The van der Waals surface area contributed by atoms with Gasteiger partial charge < -0.3 is 15.3 Å². The number of nitrogens with zero attached hydrogens (tertiary/aromatic N) is 1. The molecule has 5 nitrogen and oxygen atoms in total. The molecule has 1 heterocycles. The average Bonchev–Trinajstić information content (AvgIpc) is 2.45. The standard InChI is InChI=1S/C16H28N2O3/c19-15(20)14-8-6-13(7-9-14)12-17-16(21)18-10-4-2-1-3-5-11-18/h13-14H,1-12H2,(H,17,21)(H,19,20). The molecule has 0 atom stereocenters. The molecule has 0 unspecified atom stereocenters. The van der Waals surface area contributed by atoms with Crippen LogP contribution in [-0.2, 0) is 4.79 Å². The SMILES string of the molecule is O=C(O)C1CCC(CNC(=O)N2CCCCCCC2)CC1. The van der Waals surface area contributed by atoms with Crippen LogP contribution < -0.4 is 5.32 Å². The maximum Gasteiger partial charge on any atom is 0.317 e. The van der Waals surface area contributed by atoms with Crippen LogP contribution in [0.4, 0.5) is 4.79 Å². The number of carbonyl (C=O) groups is 2. The lowest BCUT2D eigenvalue weighted by atomic mass is 9.82. The molecule has 2 rings (SSSR count). The normalized spacial score (nSPS) is 27.5. The van der Waals surface area contributed by atoms with Gasteiger partial charge in [-0.25, -0.2) is 4.79 Å². The van der Waals surface area contributed by atoms with E-state index in [2.05, 4.69) is 5.32 Å². The number of urea groups is 1. The van der Waals surface area contributed by atoms with Gasteiger partial charge in [0.1, 0.15) is 0 Å².